The van der Waals surface area contributed by atoms with E-state index in [1.165, 1.54) is 6.07 Å². The predicted molar refractivity (Wildman–Crippen MR) is 109 cm³/mol. The molecule has 4 rings (SSSR count). The van der Waals surface area contributed by atoms with Crippen molar-refractivity contribution in [1.29, 1.82) is 0 Å². The molecule has 28 heavy (non-hydrogen) atoms. The van der Waals surface area contributed by atoms with Crippen LogP contribution in [0.4, 0.5) is 10.2 Å². The first-order valence-electron chi connectivity index (χ1n) is 9.54. The van der Waals surface area contributed by atoms with Crippen molar-refractivity contribution in [3.05, 3.63) is 42.2 Å². The fraction of sp³-hybridized carbons (Fsp3) is 0.364. The first-order chi connectivity index (χ1) is 13.6. The summed E-state index contributed by atoms with van der Waals surface area (Å²) in [6, 6.07) is 10.3. The van der Waals surface area contributed by atoms with Gasteiger partial charge in [-0.15, -0.1) is 0 Å². The zero-order valence-corrected chi connectivity index (χ0v) is 16.4. The van der Waals surface area contributed by atoms with Crippen molar-refractivity contribution in [2.75, 3.05) is 32.2 Å². The molecule has 2 aromatic carbocycles. The second kappa shape index (κ2) is 7.62. The van der Waals surface area contributed by atoms with E-state index in [1.54, 1.807) is 32.4 Å². The molecule has 1 aromatic heterocycles. The molecule has 0 bridgehead atoms. The highest BCUT2D eigenvalue weighted by molar-refractivity contribution is 5.93. The summed E-state index contributed by atoms with van der Waals surface area (Å²) in [6.07, 6.45) is 2.21. The molecule has 5 nitrogen and oxygen atoms in total. The number of hydrogen-bond donors (Lipinski definition) is 0. The van der Waals surface area contributed by atoms with Gasteiger partial charge in [0.1, 0.15) is 11.6 Å². The van der Waals surface area contributed by atoms with Crippen molar-refractivity contribution < 1.29 is 13.9 Å². The first kappa shape index (κ1) is 18.5. The van der Waals surface area contributed by atoms with Crippen molar-refractivity contribution in [3.63, 3.8) is 0 Å². The number of ether oxygens (including phenoxy) is 2. The van der Waals surface area contributed by atoms with Gasteiger partial charge in [-0.3, -0.25) is 0 Å². The van der Waals surface area contributed by atoms with Gasteiger partial charge in [0.25, 0.3) is 0 Å². The molecule has 146 valence electrons. The summed E-state index contributed by atoms with van der Waals surface area (Å²) in [7, 11) is 3.20. The number of anilines is 1. The van der Waals surface area contributed by atoms with Crippen LogP contribution >= 0.6 is 0 Å². The molecule has 1 aliphatic heterocycles. The minimum absolute atomic E-state index is 0.333. The highest BCUT2D eigenvalue weighted by atomic mass is 19.1. The van der Waals surface area contributed by atoms with Crippen LogP contribution in [0.5, 0.6) is 11.5 Å². The molecule has 3 aromatic rings. The van der Waals surface area contributed by atoms with E-state index >= 15 is 0 Å². The molecule has 0 radical (unpaired) electrons. The van der Waals surface area contributed by atoms with Gasteiger partial charge in [0.2, 0.25) is 0 Å². The number of halogens is 1. The standard InChI is InChI=1S/C22H24FN3O2/c1-14-8-10-26(11-9-14)22-16-12-19(27-2)20(28-3)13-18(16)24-21(25-22)15-6-4-5-7-17(15)23/h4-7,12-14H,8-11H2,1-3H3. The average Bonchev–Trinajstić information content (AvgIpc) is 2.73. The van der Waals surface area contributed by atoms with Gasteiger partial charge in [0, 0.05) is 24.5 Å². The second-order valence-corrected chi connectivity index (χ2v) is 7.24. The van der Waals surface area contributed by atoms with Gasteiger partial charge in [-0.1, -0.05) is 19.1 Å². The molecule has 0 unspecified atom stereocenters. The van der Waals surface area contributed by atoms with E-state index in [4.69, 9.17) is 14.5 Å². The fourth-order valence-corrected chi connectivity index (χ4v) is 3.66. The Balaban J connectivity index is 1.94. The number of methoxy groups -OCH3 is 2. The fourth-order valence-electron chi connectivity index (χ4n) is 3.66. The van der Waals surface area contributed by atoms with E-state index in [9.17, 15) is 4.39 Å². The summed E-state index contributed by atoms with van der Waals surface area (Å²) in [5, 5.41) is 0.882. The lowest BCUT2D eigenvalue weighted by atomic mass is 9.99. The van der Waals surface area contributed by atoms with E-state index in [0.29, 0.717) is 34.3 Å². The Bertz CT molecular complexity index is 1000. The Morgan fingerprint density at radius 1 is 1.00 bits per heavy atom. The van der Waals surface area contributed by atoms with Crippen molar-refractivity contribution in [2.24, 2.45) is 5.92 Å². The van der Waals surface area contributed by atoms with E-state index in [2.05, 4.69) is 16.8 Å². The number of rotatable bonds is 4. The lowest BCUT2D eigenvalue weighted by Crippen LogP contribution is -2.33. The van der Waals surface area contributed by atoms with Crippen LogP contribution in [-0.4, -0.2) is 37.3 Å². The number of fused-ring (bicyclic) bond motifs is 1. The molecule has 0 amide bonds. The van der Waals surface area contributed by atoms with Crippen LogP contribution in [0.2, 0.25) is 0 Å². The summed E-state index contributed by atoms with van der Waals surface area (Å²) in [4.78, 5) is 11.7. The Hall–Kier alpha value is -2.89. The highest BCUT2D eigenvalue weighted by Gasteiger charge is 2.22. The Kier molecular flexibility index (Phi) is 5.03. The number of hydrogen-bond acceptors (Lipinski definition) is 5. The third kappa shape index (κ3) is 3.35. The monoisotopic (exact) mass is 381 g/mol. The van der Waals surface area contributed by atoms with E-state index in [0.717, 1.165) is 37.1 Å². The maximum absolute atomic E-state index is 14.4. The lowest BCUT2D eigenvalue weighted by Gasteiger charge is -2.32. The maximum atomic E-state index is 14.4. The average molecular weight is 381 g/mol. The third-order valence-corrected chi connectivity index (χ3v) is 5.38. The summed E-state index contributed by atoms with van der Waals surface area (Å²) >= 11 is 0. The van der Waals surface area contributed by atoms with E-state index in [-0.39, 0.29) is 5.82 Å². The van der Waals surface area contributed by atoms with Gasteiger partial charge in [0.05, 0.1) is 25.3 Å². The molecule has 0 saturated carbocycles. The van der Waals surface area contributed by atoms with Crippen molar-refractivity contribution >= 4 is 16.7 Å². The molecule has 0 spiro atoms. The van der Waals surface area contributed by atoms with Gasteiger partial charge in [0.15, 0.2) is 17.3 Å². The van der Waals surface area contributed by atoms with Crippen LogP contribution in [-0.2, 0) is 0 Å². The van der Waals surface area contributed by atoms with Gasteiger partial charge >= 0.3 is 0 Å². The normalized spacial score (nSPS) is 15.1. The first-order valence-corrected chi connectivity index (χ1v) is 9.54. The van der Waals surface area contributed by atoms with Crippen molar-refractivity contribution in [1.82, 2.24) is 9.97 Å². The SMILES string of the molecule is COc1cc2nc(-c3ccccc3F)nc(N3CCC(C)CC3)c2cc1OC. The number of piperidine rings is 1. The number of nitrogens with zero attached hydrogens (tertiary/aromatic N) is 3. The van der Waals surface area contributed by atoms with Crippen LogP contribution in [0.3, 0.4) is 0 Å². The smallest absolute Gasteiger partial charge is 0.165 e. The summed E-state index contributed by atoms with van der Waals surface area (Å²) in [6.45, 7) is 4.10. The third-order valence-electron chi connectivity index (χ3n) is 5.38. The summed E-state index contributed by atoms with van der Waals surface area (Å²) < 4.78 is 25.3. The zero-order chi connectivity index (χ0) is 19.7. The van der Waals surface area contributed by atoms with Crippen LogP contribution in [0.25, 0.3) is 22.3 Å². The second-order valence-electron chi connectivity index (χ2n) is 7.24. The highest BCUT2D eigenvalue weighted by Crippen LogP contribution is 2.37. The number of benzene rings is 2. The Labute approximate surface area is 164 Å². The molecule has 2 heterocycles. The maximum Gasteiger partial charge on any atom is 0.165 e. The number of aromatic nitrogens is 2. The molecule has 1 fully saturated rings. The van der Waals surface area contributed by atoms with Crippen LogP contribution in [0.15, 0.2) is 36.4 Å². The van der Waals surface area contributed by atoms with Gasteiger partial charge in [-0.05, 0) is 37.0 Å². The largest absolute Gasteiger partial charge is 0.493 e. The Morgan fingerprint density at radius 3 is 2.36 bits per heavy atom. The molecular weight excluding hydrogens is 357 g/mol. The zero-order valence-electron chi connectivity index (χ0n) is 16.4. The minimum atomic E-state index is -0.333. The molecule has 0 aliphatic carbocycles. The van der Waals surface area contributed by atoms with E-state index in [1.807, 2.05) is 12.1 Å². The lowest BCUT2D eigenvalue weighted by molar-refractivity contribution is 0.355. The summed E-state index contributed by atoms with van der Waals surface area (Å²) in [5.74, 6) is 2.78. The molecule has 1 aliphatic rings. The Morgan fingerprint density at radius 2 is 1.68 bits per heavy atom. The molecule has 1 saturated heterocycles. The summed E-state index contributed by atoms with van der Waals surface area (Å²) in [5.41, 5.74) is 1.10. The van der Waals surface area contributed by atoms with Gasteiger partial charge in [-0.25, -0.2) is 14.4 Å². The van der Waals surface area contributed by atoms with Crippen molar-refractivity contribution in [2.45, 2.75) is 19.8 Å². The van der Waals surface area contributed by atoms with Gasteiger partial charge in [-0.2, -0.15) is 0 Å². The van der Waals surface area contributed by atoms with Crippen LogP contribution in [0.1, 0.15) is 19.8 Å². The predicted octanol–water partition coefficient (Wildman–Crippen LogP) is 4.69. The molecular formula is C22H24FN3O2. The van der Waals surface area contributed by atoms with Crippen LogP contribution < -0.4 is 14.4 Å². The van der Waals surface area contributed by atoms with Crippen molar-refractivity contribution in [3.8, 4) is 22.9 Å². The van der Waals surface area contributed by atoms with E-state index < -0.39 is 0 Å². The minimum Gasteiger partial charge on any atom is -0.493 e. The molecule has 0 atom stereocenters. The topological polar surface area (TPSA) is 47.5 Å². The molecule has 0 N–H and O–H groups in total. The van der Waals surface area contributed by atoms with Gasteiger partial charge < -0.3 is 14.4 Å². The van der Waals surface area contributed by atoms with Crippen LogP contribution in [0, 0.1) is 11.7 Å². The quantitative estimate of drug-likeness (QED) is 0.656. The molecule has 6 heteroatoms.